The first-order valence-corrected chi connectivity index (χ1v) is 7.64. The Bertz CT molecular complexity index is 548. The minimum absolute atomic E-state index is 0.0685. The molecular weight excluding hydrogens is 298 g/mol. The SMILES string of the molecule is CC(C)CC(C)(CN)NC(=O)CCOc1ccccc1[N+](=O)[O-]. The van der Waals surface area contributed by atoms with Gasteiger partial charge in [-0.15, -0.1) is 0 Å². The van der Waals surface area contributed by atoms with Gasteiger partial charge in [0.25, 0.3) is 0 Å². The summed E-state index contributed by atoms with van der Waals surface area (Å²) in [5.41, 5.74) is 5.19. The van der Waals surface area contributed by atoms with E-state index in [1.165, 1.54) is 12.1 Å². The highest BCUT2D eigenvalue weighted by Crippen LogP contribution is 2.25. The summed E-state index contributed by atoms with van der Waals surface area (Å²) in [6, 6.07) is 6.09. The molecule has 3 N–H and O–H groups in total. The van der Waals surface area contributed by atoms with Crippen LogP contribution in [0.2, 0.25) is 0 Å². The molecule has 0 saturated carbocycles. The molecule has 0 aliphatic heterocycles. The number of hydrogen-bond donors (Lipinski definition) is 2. The number of nitrogens with zero attached hydrogens (tertiary/aromatic N) is 1. The summed E-state index contributed by atoms with van der Waals surface area (Å²) in [5.74, 6) is 0.387. The Hall–Kier alpha value is -2.15. The molecule has 0 bridgehead atoms. The molecule has 1 amide bonds. The van der Waals surface area contributed by atoms with Crippen molar-refractivity contribution in [3.05, 3.63) is 34.4 Å². The first-order valence-electron chi connectivity index (χ1n) is 7.64. The number of carbonyl (C=O) groups is 1. The summed E-state index contributed by atoms with van der Waals surface area (Å²) < 4.78 is 5.36. The smallest absolute Gasteiger partial charge is 0.310 e. The molecule has 1 aromatic carbocycles. The fourth-order valence-electron chi connectivity index (χ4n) is 2.47. The van der Waals surface area contributed by atoms with Gasteiger partial charge in [-0.05, 0) is 25.3 Å². The van der Waals surface area contributed by atoms with E-state index in [1.54, 1.807) is 12.1 Å². The van der Waals surface area contributed by atoms with Crippen molar-refractivity contribution in [3.63, 3.8) is 0 Å². The van der Waals surface area contributed by atoms with Gasteiger partial charge in [-0.3, -0.25) is 14.9 Å². The average molecular weight is 323 g/mol. The lowest BCUT2D eigenvalue weighted by molar-refractivity contribution is -0.385. The van der Waals surface area contributed by atoms with Gasteiger partial charge in [0.1, 0.15) is 0 Å². The van der Waals surface area contributed by atoms with Gasteiger partial charge in [-0.25, -0.2) is 0 Å². The fourth-order valence-corrected chi connectivity index (χ4v) is 2.47. The number of nitro groups is 1. The molecule has 23 heavy (non-hydrogen) atoms. The number of rotatable bonds is 9. The Morgan fingerprint density at radius 3 is 2.65 bits per heavy atom. The molecule has 0 spiro atoms. The van der Waals surface area contributed by atoms with Crippen LogP contribution in [0.5, 0.6) is 5.75 Å². The van der Waals surface area contributed by atoms with E-state index in [0.29, 0.717) is 12.5 Å². The van der Waals surface area contributed by atoms with Gasteiger partial charge in [0.05, 0.1) is 18.0 Å². The molecule has 0 heterocycles. The summed E-state index contributed by atoms with van der Waals surface area (Å²) in [6.45, 7) is 6.46. The molecule has 0 aliphatic carbocycles. The van der Waals surface area contributed by atoms with E-state index in [4.69, 9.17) is 10.5 Å². The van der Waals surface area contributed by atoms with Crippen LogP contribution in [0.15, 0.2) is 24.3 Å². The molecule has 0 radical (unpaired) electrons. The third kappa shape index (κ3) is 6.23. The number of ether oxygens (including phenoxy) is 1. The second kappa shape index (κ2) is 8.47. The lowest BCUT2D eigenvalue weighted by atomic mass is 9.90. The van der Waals surface area contributed by atoms with Crippen LogP contribution < -0.4 is 15.8 Å². The topological polar surface area (TPSA) is 107 Å². The molecule has 0 aliphatic rings. The molecule has 1 aromatic rings. The van der Waals surface area contributed by atoms with Crippen molar-refractivity contribution in [2.75, 3.05) is 13.2 Å². The van der Waals surface area contributed by atoms with Crippen molar-refractivity contribution in [1.82, 2.24) is 5.32 Å². The Morgan fingerprint density at radius 2 is 2.09 bits per heavy atom. The standard InChI is InChI=1S/C16H25N3O4/c1-12(2)10-16(3,11-17)18-15(20)8-9-23-14-7-5-4-6-13(14)19(21)22/h4-7,12H,8-11,17H2,1-3H3,(H,18,20). The zero-order valence-electron chi connectivity index (χ0n) is 13.9. The summed E-state index contributed by atoms with van der Waals surface area (Å²) >= 11 is 0. The largest absolute Gasteiger partial charge is 0.486 e. The predicted octanol–water partition coefficient (Wildman–Crippen LogP) is 2.24. The molecular formula is C16H25N3O4. The number of nitrogens with two attached hydrogens (primary N) is 1. The van der Waals surface area contributed by atoms with E-state index < -0.39 is 10.5 Å². The number of nitrogens with one attached hydrogen (secondary N) is 1. The van der Waals surface area contributed by atoms with Gasteiger partial charge < -0.3 is 15.8 Å². The first-order chi connectivity index (χ1) is 10.8. The van der Waals surface area contributed by atoms with Crippen LogP contribution >= 0.6 is 0 Å². The van der Waals surface area contributed by atoms with E-state index in [1.807, 2.05) is 6.92 Å². The Morgan fingerprint density at radius 1 is 1.43 bits per heavy atom. The van der Waals surface area contributed by atoms with Gasteiger partial charge in [0.15, 0.2) is 5.75 Å². The number of nitro benzene ring substituents is 1. The highest BCUT2D eigenvalue weighted by Gasteiger charge is 2.25. The van der Waals surface area contributed by atoms with Crippen LogP contribution in [0.1, 0.15) is 33.6 Å². The second-order valence-electron chi connectivity index (χ2n) is 6.23. The molecule has 1 rings (SSSR count). The molecule has 0 aromatic heterocycles. The summed E-state index contributed by atoms with van der Waals surface area (Å²) in [7, 11) is 0. The Labute approximate surface area is 136 Å². The summed E-state index contributed by atoms with van der Waals surface area (Å²) in [5, 5.41) is 13.8. The van der Waals surface area contributed by atoms with Gasteiger partial charge in [-0.2, -0.15) is 0 Å². The number of hydrogen-bond acceptors (Lipinski definition) is 5. The second-order valence-corrected chi connectivity index (χ2v) is 6.23. The molecule has 0 fully saturated rings. The predicted molar refractivity (Wildman–Crippen MR) is 88.3 cm³/mol. The highest BCUT2D eigenvalue weighted by atomic mass is 16.6. The minimum atomic E-state index is -0.510. The number of amides is 1. The maximum absolute atomic E-state index is 12.0. The lowest BCUT2D eigenvalue weighted by Gasteiger charge is -2.31. The molecule has 1 unspecified atom stereocenters. The third-order valence-corrected chi connectivity index (χ3v) is 3.40. The summed E-state index contributed by atoms with van der Waals surface area (Å²) in [6.07, 6.45) is 0.889. The van der Waals surface area contributed by atoms with Crippen molar-refractivity contribution < 1.29 is 14.5 Å². The summed E-state index contributed by atoms with van der Waals surface area (Å²) in [4.78, 5) is 22.4. The average Bonchev–Trinajstić information content (AvgIpc) is 2.46. The molecule has 7 heteroatoms. The Kier molecular flexibility index (Phi) is 6.96. The minimum Gasteiger partial charge on any atom is -0.486 e. The van der Waals surface area contributed by atoms with Crippen LogP contribution in [-0.2, 0) is 4.79 Å². The number of para-hydroxylation sites is 2. The molecule has 1 atom stereocenters. The van der Waals surface area contributed by atoms with Crippen LogP contribution in [0.25, 0.3) is 0 Å². The third-order valence-electron chi connectivity index (χ3n) is 3.40. The van der Waals surface area contributed by atoms with Crippen molar-refractivity contribution in [2.45, 2.75) is 39.2 Å². The molecule has 128 valence electrons. The Balaban J connectivity index is 2.53. The lowest BCUT2D eigenvalue weighted by Crippen LogP contribution is -2.52. The van der Waals surface area contributed by atoms with Gasteiger partial charge in [0.2, 0.25) is 5.91 Å². The quantitative estimate of drug-likeness (QED) is 0.535. The maximum atomic E-state index is 12.0. The van der Waals surface area contributed by atoms with Crippen molar-refractivity contribution in [1.29, 1.82) is 0 Å². The number of carbonyl (C=O) groups excluding carboxylic acids is 1. The van der Waals surface area contributed by atoms with Gasteiger partial charge in [-0.1, -0.05) is 26.0 Å². The van der Waals surface area contributed by atoms with Crippen molar-refractivity contribution in [2.24, 2.45) is 11.7 Å². The van der Waals surface area contributed by atoms with Gasteiger partial charge in [0, 0.05) is 18.2 Å². The van der Waals surface area contributed by atoms with E-state index in [0.717, 1.165) is 6.42 Å². The van der Waals surface area contributed by atoms with Crippen LogP contribution in [0.4, 0.5) is 5.69 Å². The van der Waals surface area contributed by atoms with E-state index in [2.05, 4.69) is 19.2 Å². The number of benzene rings is 1. The molecule has 0 saturated heterocycles. The van der Waals surface area contributed by atoms with E-state index in [9.17, 15) is 14.9 Å². The van der Waals surface area contributed by atoms with Crippen molar-refractivity contribution >= 4 is 11.6 Å². The maximum Gasteiger partial charge on any atom is 0.310 e. The monoisotopic (exact) mass is 323 g/mol. The van der Waals surface area contributed by atoms with Crippen LogP contribution in [-0.4, -0.2) is 29.5 Å². The van der Waals surface area contributed by atoms with E-state index in [-0.39, 0.29) is 30.4 Å². The van der Waals surface area contributed by atoms with Crippen LogP contribution in [0.3, 0.4) is 0 Å². The molecule has 7 nitrogen and oxygen atoms in total. The fraction of sp³-hybridized carbons (Fsp3) is 0.562. The van der Waals surface area contributed by atoms with Crippen LogP contribution in [0, 0.1) is 16.0 Å². The highest BCUT2D eigenvalue weighted by molar-refractivity contribution is 5.76. The zero-order chi connectivity index (χ0) is 17.5. The first kappa shape index (κ1) is 18.9. The van der Waals surface area contributed by atoms with E-state index >= 15 is 0 Å². The normalized spacial score (nSPS) is 13.4. The zero-order valence-corrected chi connectivity index (χ0v) is 13.9. The van der Waals surface area contributed by atoms with Gasteiger partial charge >= 0.3 is 5.69 Å². The van der Waals surface area contributed by atoms with Crippen molar-refractivity contribution in [3.8, 4) is 5.75 Å².